The van der Waals surface area contributed by atoms with Crippen LogP contribution in [-0.4, -0.2) is 52.3 Å². The van der Waals surface area contributed by atoms with Crippen LogP contribution in [0.2, 0.25) is 0 Å². The molecule has 2 heterocycles. The van der Waals surface area contributed by atoms with Gasteiger partial charge < -0.3 is 24.5 Å². The zero-order chi connectivity index (χ0) is 24.5. The van der Waals surface area contributed by atoms with Crippen molar-refractivity contribution < 1.29 is 23.8 Å². The van der Waals surface area contributed by atoms with E-state index >= 15 is 0 Å². The maximum absolute atomic E-state index is 13.6. The number of aliphatic hydroxyl groups is 1. The number of aryl methyl sites for hydroxylation is 1. The van der Waals surface area contributed by atoms with Gasteiger partial charge in [0.05, 0.1) is 13.2 Å². The number of fused-ring (bicyclic) bond motifs is 1. The van der Waals surface area contributed by atoms with Gasteiger partial charge in [0.2, 0.25) is 0 Å². The molecule has 1 aromatic heterocycles. The lowest BCUT2D eigenvalue weighted by atomic mass is 9.81. The average Bonchev–Trinajstić information content (AvgIpc) is 3.12. The minimum absolute atomic E-state index is 0.133. The monoisotopic (exact) mass is 468 g/mol. The highest BCUT2D eigenvalue weighted by molar-refractivity contribution is 6.01. The Morgan fingerprint density at radius 2 is 1.94 bits per heavy atom. The molecule has 3 aromatic rings. The fraction of sp³-hybridized carbons (Fsp3) is 0.444. The first kappa shape index (κ1) is 24.1. The van der Waals surface area contributed by atoms with Crippen molar-refractivity contribution >= 4 is 16.8 Å². The summed E-state index contributed by atoms with van der Waals surface area (Å²) in [5.41, 5.74) is 1.18. The van der Waals surface area contributed by atoms with Gasteiger partial charge in [-0.2, -0.15) is 0 Å². The lowest BCUT2D eigenvalue weighted by Crippen LogP contribution is -2.59. The van der Waals surface area contributed by atoms with E-state index in [2.05, 4.69) is 18.8 Å². The number of piperidine rings is 1. The van der Waals surface area contributed by atoms with Crippen molar-refractivity contribution in [2.24, 2.45) is 5.92 Å². The van der Waals surface area contributed by atoms with Gasteiger partial charge in [-0.15, -0.1) is 0 Å². The number of hydrogen-bond acceptors (Lipinski definition) is 4. The SMILES string of the molecule is CCOc1ccc2[nH]c(C(=O)N3CC[C@@](O)(CC(C)C)[C@@H](Oc4ccc(F)cc4)C3)c(C)c2c1. The highest BCUT2D eigenvalue weighted by atomic mass is 19.1. The number of hydrogen-bond donors (Lipinski definition) is 2. The van der Waals surface area contributed by atoms with Crippen LogP contribution in [0, 0.1) is 18.7 Å². The lowest BCUT2D eigenvalue weighted by Gasteiger charge is -2.45. The molecule has 0 unspecified atom stereocenters. The third-order valence-corrected chi connectivity index (χ3v) is 6.50. The van der Waals surface area contributed by atoms with Crippen LogP contribution in [0.4, 0.5) is 4.39 Å². The van der Waals surface area contributed by atoms with Crippen LogP contribution in [0.25, 0.3) is 10.9 Å². The Morgan fingerprint density at radius 3 is 2.62 bits per heavy atom. The summed E-state index contributed by atoms with van der Waals surface area (Å²) in [4.78, 5) is 18.5. The quantitative estimate of drug-likeness (QED) is 0.507. The Morgan fingerprint density at radius 1 is 1.24 bits per heavy atom. The normalized spacial score (nSPS) is 20.7. The number of rotatable bonds is 7. The Kier molecular flexibility index (Phi) is 6.84. The number of amides is 1. The van der Waals surface area contributed by atoms with Crippen molar-refractivity contribution in [1.82, 2.24) is 9.88 Å². The summed E-state index contributed by atoms with van der Waals surface area (Å²) in [6, 6.07) is 11.5. The molecular weight excluding hydrogens is 435 g/mol. The maximum atomic E-state index is 13.6. The number of carbonyl (C=O) groups is 1. The maximum Gasteiger partial charge on any atom is 0.270 e. The molecule has 34 heavy (non-hydrogen) atoms. The molecule has 1 amide bonds. The van der Waals surface area contributed by atoms with Crippen molar-refractivity contribution in [3.8, 4) is 11.5 Å². The minimum Gasteiger partial charge on any atom is -0.494 e. The van der Waals surface area contributed by atoms with E-state index in [1.165, 1.54) is 12.1 Å². The highest BCUT2D eigenvalue weighted by Gasteiger charge is 2.45. The van der Waals surface area contributed by atoms with Gasteiger partial charge in [-0.25, -0.2) is 4.39 Å². The van der Waals surface area contributed by atoms with Gasteiger partial charge in [0.25, 0.3) is 5.91 Å². The number of nitrogens with zero attached hydrogens (tertiary/aromatic N) is 1. The summed E-state index contributed by atoms with van der Waals surface area (Å²) < 4.78 is 25.1. The van der Waals surface area contributed by atoms with E-state index < -0.39 is 11.7 Å². The molecule has 2 aromatic carbocycles. The van der Waals surface area contributed by atoms with Crippen LogP contribution >= 0.6 is 0 Å². The van der Waals surface area contributed by atoms with E-state index in [-0.39, 0.29) is 24.2 Å². The van der Waals surface area contributed by atoms with Gasteiger partial charge >= 0.3 is 0 Å². The number of aromatic amines is 1. The number of halogens is 1. The second-order valence-corrected chi connectivity index (χ2v) is 9.53. The highest BCUT2D eigenvalue weighted by Crippen LogP contribution is 2.34. The molecule has 1 saturated heterocycles. The van der Waals surface area contributed by atoms with E-state index in [1.807, 2.05) is 32.0 Å². The molecule has 1 aliphatic heterocycles. The van der Waals surface area contributed by atoms with Crippen LogP contribution in [-0.2, 0) is 0 Å². The van der Waals surface area contributed by atoms with Crippen molar-refractivity contribution in [2.75, 3.05) is 19.7 Å². The van der Waals surface area contributed by atoms with E-state index in [0.717, 1.165) is 22.2 Å². The summed E-state index contributed by atoms with van der Waals surface area (Å²) in [6.45, 7) is 9.19. The van der Waals surface area contributed by atoms with Crippen LogP contribution in [0.15, 0.2) is 42.5 Å². The third kappa shape index (κ3) is 4.89. The van der Waals surface area contributed by atoms with E-state index in [1.54, 1.807) is 17.0 Å². The lowest BCUT2D eigenvalue weighted by molar-refractivity contribution is -0.111. The Labute approximate surface area is 199 Å². The predicted molar refractivity (Wildman–Crippen MR) is 130 cm³/mol. The van der Waals surface area contributed by atoms with Crippen molar-refractivity contribution in [2.45, 2.75) is 52.2 Å². The summed E-state index contributed by atoms with van der Waals surface area (Å²) in [5.74, 6) is 0.994. The Balaban J connectivity index is 1.60. The van der Waals surface area contributed by atoms with E-state index in [0.29, 0.717) is 37.4 Å². The zero-order valence-electron chi connectivity index (χ0n) is 20.2. The summed E-state index contributed by atoms with van der Waals surface area (Å²) in [7, 11) is 0. The molecular formula is C27H33FN2O4. The molecule has 4 rings (SSSR count). The van der Waals surface area contributed by atoms with Crippen LogP contribution in [0.1, 0.15) is 49.7 Å². The van der Waals surface area contributed by atoms with E-state index in [4.69, 9.17) is 9.47 Å². The molecule has 0 saturated carbocycles. The van der Waals surface area contributed by atoms with Gasteiger partial charge in [0, 0.05) is 17.4 Å². The number of aromatic nitrogens is 1. The fourth-order valence-corrected chi connectivity index (χ4v) is 4.83. The largest absolute Gasteiger partial charge is 0.494 e. The second-order valence-electron chi connectivity index (χ2n) is 9.53. The topological polar surface area (TPSA) is 74.8 Å². The smallest absolute Gasteiger partial charge is 0.270 e. The molecule has 0 radical (unpaired) electrons. The molecule has 0 aliphatic carbocycles. The number of likely N-dealkylation sites (tertiary alicyclic amines) is 1. The summed E-state index contributed by atoms with van der Waals surface area (Å²) in [5, 5.41) is 12.4. The first-order chi connectivity index (χ1) is 16.2. The first-order valence-electron chi connectivity index (χ1n) is 11.9. The number of carbonyl (C=O) groups excluding carboxylic acids is 1. The number of H-pyrrole nitrogens is 1. The number of ether oxygens (including phenoxy) is 2. The predicted octanol–water partition coefficient (Wildman–Crippen LogP) is 5.08. The molecule has 1 aliphatic rings. The molecule has 182 valence electrons. The molecule has 2 N–H and O–H groups in total. The molecule has 0 spiro atoms. The molecule has 1 fully saturated rings. The second kappa shape index (κ2) is 9.66. The van der Waals surface area contributed by atoms with Gasteiger partial charge in [0.1, 0.15) is 34.7 Å². The van der Waals surface area contributed by atoms with Crippen molar-refractivity contribution in [3.63, 3.8) is 0 Å². The molecule has 2 atom stereocenters. The van der Waals surface area contributed by atoms with Gasteiger partial charge in [-0.3, -0.25) is 4.79 Å². The summed E-state index contributed by atoms with van der Waals surface area (Å²) in [6.07, 6.45) is 0.315. The molecule has 0 bridgehead atoms. The Bertz CT molecular complexity index is 1160. The van der Waals surface area contributed by atoms with Gasteiger partial charge in [-0.05, 0) is 80.6 Å². The first-order valence-corrected chi connectivity index (χ1v) is 11.9. The number of benzene rings is 2. The average molecular weight is 469 g/mol. The van der Waals surface area contributed by atoms with E-state index in [9.17, 15) is 14.3 Å². The molecule has 7 heteroatoms. The van der Waals surface area contributed by atoms with Crippen molar-refractivity contribution in [1.29, 1.82) is 0 Å². The van der Waals surface area contributed by atoms with Crippen molar-refractivity contribution in [3.05, 3.63) is 59.5 Å². The van der Waals surface area contributed by atoms with Crippen LogP contribution in [0.3, 0.4) is 0 Å². The van der Waals surface area contributed by atoms with Gasteiger partial charge in [0.15, 0.2) is 0 Å². The minimum atomic E-state index is -1.08. The van der Waals surface area contributed by atoms with Crippen LogP contribution < -0.4 is 9.47 Å². The standard InChI is InChI=1S/C27H33FN2O4/c1-5-33-21-10-11-23-22(14-21)18(4)25(29-23)26(31)30-13-12-27(32,15-17(2)3)24(16-30)34-20-8-6-19(28)7-9-20/h6-11,14,17,24,29,32H,5,12-13,15-16H2,1-4H3/t24-,27+/m0/s1. The third-order valence-electron chi connectivity index (χ3n) is 6.50. The zero-order valence-corrected chi connectivity index (χ0v) is 20.2. The van der Waals surface area contributed by atoms with Crippen LogP contribution in [0.5, 0.6) is 11.5 Å². The fourth-order valence-electron chi connectivity index (χ4n) is 4.83. The molecule has 6 nitrogen and oxygen atoms in total. The van der Waals surface area contributed by atoms with Gasteiger partial charge in [-0.1, -0.05) is 13.8 Å². The number of nitrogens with one attached hydrogen (secondary N) is 1. The summed E-state index contributed by atoms with van der Waals surface area (Å²) >= 11 is 0. The Hall–Kier alpha value is -3.06.